The maximum atomic E-state index is 12.4. The summed E-state index contributed by atoms with van der Waals surface area (Å²) in [5, 5.41) is 12.9. The largest absolute Gasteiger partial charge is 0.394 e. The first-order valence-corrected chi connectivity index (χ1v) is 6.02. The predicted molar refractivity (Wildman–Crippen MR) is 65.6 cm³/mol. The lowest BCUT2D eigenvalue weighted by molar-refractivity contribution is 0.158. The van der Waals surface area contributed by atoms with E-state index in [0.717, 1.165) is 12.8 Å². The van der Waals surface area contributed by atoms with Crippen LogP contribution in [0.5, 0.6) is 0 Å². The molecule has 98 valence electrons. The normalized spacial score (nSPS) is 23.5. The van der Waals surface area contributed by atoms with Gasteiger partial charge >= 0.3 is 5.69 Å². The second kappa shape index (κ2) is 3.69. The van der Waals surface area contributed by atoms with Crippen LogP contribution in [0.1, 0.15) is 30.5 Å². The maximum absolute atomic E-state index is 12.4. The van der Waals surface area contributed by atoms with Crippen molar-refractivity contribution in [1.82, 2.24) is 14.6 Å². The fraction of sp³-hybridized carbons (Fsp3) is 0.636. The number of nitrogens with one attached hydrogen (secondary N) is 1. The third kappa shape index (κ3) is 1.37. The average molecular weight is 252 g/mol. The molecule has 1 unspecified atom stereocenters. The van der Waals surface area contributed by atoms with E-state index < -0.39 is 0 Å². The summed E-state index contributed by atoms with van der Waals surface area (Å²) in [5.74, 6) is 0.489. The molecule has 18 heavy (non-hydrogen) atoms. The number of likely N-dealkylation sites (N-methyl/N-ethyl adjacent to an activating group) is 1. The van der Waals surface area contributed by atoms with E-state index >= 15 is 0 Å². The number of H-pyrrole nitrogens is 1. The highest BCUT2D eigenvalue weighted by Crippen LogP contribution is 2.36. The first kappa shape index (κ1) is 11.5. The average Bonchev–Trinajstić information content (AvgIpc) is 3.12. The van der Waals surface area contributed by atoms with E-state index in [0.29, 0.717) is 11.4 Å². The first-order chi connectivity index (χ1) is 8.56. The standard InChI is InChI=1S/C11H16N4O3/c1-13-7(5-16)8-9(14(13)2)12-11(18)15(10(8)17)6-3-4-6/h6-7,16H,3-5H2,1-2H3,(H,12,18). The quantitative estimate of drug-likeness (QED) is 0.720. The van der Waals surface area contributed by atoms with E-state index in [2.05, 4.69) is 4.98 Å². The van der Waals surface area contributed by atoms with Crippen molar-refractivity contribution in [3.63, 3.8) is 0 Å². The molecule has 1 atom stereocenters. The third-order valence-corrected chi connectivity index (χ3v) is 3.81. The number of hydrogen-bond donors (Lipinski definition) is 2. The minimum Gasteiger partial charge on any atom is -0.394 e. The molecule has 1 fully saturated rings. The Bertz CT molecular complexity index is 601. The summed E-state index contributed by atoms with van der Waals surface area (Å²) in [7, 11) is 3.53. The highest BCUT2D eigenvalue weighted by atomic mass is 16.3. The fourth-order valence-electron chi connectivity index (χ4n) is 2.54. The molecule has 3 rings (SSSR count). The summed E-state index contributed by atoms with van der Waals surface area (Å²) < 4.78 is 1.29. The molecular weight excluding hydrogens is 236 g/mol. The van der Waals surface area contributed by atoms with Crippen LogP contribution in [0.4, 0.5) is 5.82 Å². The summed E-state index contributed by atoms with van der Waals surface area (Å²) >= 11 is 0. The van der Waals surface area contributed by atoms with Gasteiger partial charge in [-0.1, -0.05) is 0 Å². The Kier molecular flexibility index (Phi) is 2.36. The van der Waals surface area contributed by atoms with Gasteiger partial charge in [0.2, 0.25) is 0 Å². The van der Waals surface area contributed by atoms with Gasteiger partial charge in [-0.15, -0.1) is 0 Å². The number of aliphatic hydroxyl groups is 1. The molecule has 0 radical (unpaired) electrons. The lowest BCUT2D eigenvalue weighted by Crippen LogP contribution is -2.37. The first-order valence-electron chi connectivity index (χ1n) is 6.02. The Morgan fingerprint density at radius 1 is 1.33 bits per heavy atom. The number of hydrogen-bond acceptors (Lipinski definition) is 5. The Morgan fingerprint density at radius 2 is 2.00 bits per heavy atom. The number of aromatic amines is 1. The van der Waals surface area contributed by atoms with Crippen LogP contribution in [0.25, 0.3) is 0 Å². The number of aliphatic hydroxyl groups excluding tert-OH is 1. The molecule has 0 spiro atoms. The van der Waals surface area contributed by atoms with Gasteiger partial charge in [-0.05, 0) is 12.8 Å². The molecule has 2 N–H and O–H groups in total. The van der Waals surface area contributed by atoms with E-state index in [9.17, 15) is 14.7 Å². The summed E-state index contributed by atoms with van der Waals surface area (Å²) in [6.07, 6.45) is 1.74. The van der Waals surface area contributed by atoms with E-state index in [1.54, 1.807) is 24.1 Å². The minimum atomic E-state index is -0.389. The van der Waals surface area contributed by atoms with Gasteiger partial charge < -0.3 is 5.11 Å². The van der Waals surface area contributed by atoms with Gasteiger partial charge in [-0.25, -0.2) is 9.80 Å². The van der Waals surface area contributed by atoms with Gasteiger partial charge in [0, 0.05) is 20.1 Å². The topological polar surface area (TPSA) is 81.6 Å². The minimum absolute atomic E-state index is 0.0297. The van der Waals surface area contributed by atoms with Crippen LogP contribution in [0.3, 0.4) is 0 Å². The van der Waals surface area contributed by atoms with Crippen molar-refractivity contribution < 1.29 is 5.11 Å². The molecule has 0 saturated heterocycles. The zero-order chi connectivity index (χ0) is 13.0. The van der Waals surface area contributed by atoms with E-state index in [4.69, 9.17) is 0 Å². The number of fused-ring (bicyclic) bond motifs is 1. The molecule has 1 aromatic rings. The molecule has 1 aliphatic carbocycles. The highest BCUT2D eigenvalue weighted by Gasteiger charge is 2.38. The summed E-state index contributed by atoms with van der Waals surface area (Å²) in [4.78, 5) is 27.1. The van der Waals surface area contributed by atoms with Gasteiger partial charge in [-0.2, -0.15) is 0 Å². The van der Waals surface area contributed by atoms with Crippen molar-refractivity contribution in [3.8, 4) is 0 Å². The number of rotatable bonds is 2. The van der Waals surface area contributed by atoms with Crippen molar-refractivity contribution in [2.24, 2.45) is 0 Å². The summed E-state index contributed by atoms with van der Waals surface area (Å²) in [6, 6.07) is -0.360. The number of aromatic nitrogens is 2. The number of hydrazine groups is 1. The monoisotopic (exact) mass is 252 g/mol. The molecule has 7 nitrogen and oxygen atoms in total. The Morgan fingerprint density at radius 3 is 2.56 bits per heavy atom. The third-order valence-electron chi connectivity index (χ3n) is 3.81. The molecule has 1 aliphatic heterocycles. The van der Waals surface area contributed by atoms with Crippen molar-refractivity contribution in [2.45, 2.75) is 24.9 Å². The van der Waals surface area contributed by atoms with Gasteiger partial charge in [-0.3, -0.25) is 19.4 Å². The van der Waals surface area contributed by atoms with E-state index in [1.165, 1.54) is 4.57 Å². The van der Waals surface area contributed by atoms with Crippen LogP contribution >= 0.6 is 0 Å². The van der Waals surface area contributed by atoms with E-state index in [1.807, 2.05) is 0 Å². The van der Waals surface area contributed by atoms with Crippen molar-refractivity contribution in [1.29, 1.82) is 0 Å². The lowest BCUT2D eigenvalue weighted by atomic mass is 10.1. The van der Waals surface area contributed by atoms with Crippen molar-refractivity contribution in [2.75, 3.05) is 25.7 Å². The van der Waals surface area contributed by atoms with Crippen LogP contribution in [0, 0.1) is 0 Å². The van der Waals surface area contributed by atoms with Crippen LogP contribution in [0.2, 0.25) is 0 Å². The number of anilines is 1. The summed E-state index contributed by atoms with van der Waals surface area (Å²) in [6.45, 7) is -0.153. The molecule has 2 aliphatic rings. The Balaban J connectivity index is 2.27. The fourth-order valence-corrected chi connectivity index (χ4v) is 2.54. The van der Waals surface area contributed by atoms with Gasteiger partial charge in [0.1, 0.15) is 5.82 Å². The van der Waals surface area contributed by atoms with Crippen LogP contribution in [-0.4, -0.2) is 40.4 Å². The lowest BCUT2D eigenvalue weighted by Gasteiger charge is -2.24. The zero-order valence-corrected chi connectivity index (χ0v) is 10.4. The smallest absolute Gasteiger partial charge is 0.330 e. The predicted octanol–water partition coefficient (Wildman–Crippen LogP) is -0.798. The zero-order valence-electron chi connectivity index (χ0n) is 10.4. The van der Waals surface area contributed by atoms with Gasteiger partial charge in [0.15, 0.2) is 0 Å². The molecule has 1 saturated carbocycles. The molecular formula is C11H16N4O3. The van der Waals surface area contributed by atoms with Crippen molar-refractivity contribution >= 4 is 5.82 Å². The second-order valence-electron chi connectivity index (χ2n) is 4.89. The molecule has 1 aromatic heterocycles. The van der Waals surface area contributed by atoms with Crippen molar-refractivity contribution in [3.05, 3.63) is 26.4 Å². The Labute approximate surface area is 103 Å². The van der Waals surface area contributed by atoms with E-state index in [-0.39, 0.29) is 29.9 Å². The second-order valence-corrected chi connectivity index (χ2v) is 4.89. The molecule has 7 heteroatoms. The van der Waals surface area contributed by atoms with Crippen LogP contribution < -0.4 is 16.3 Å². The summed E-state index contributed by atoms with van der Waals surface area (Å²) in [5.41, 5.74) is -0.152. The molecule has 0 bridgehead atoms. The molecule has 2 heterocycles. The highest BCUT2D eigenvalue weighted by molar-refractivity contribution is 5.50. The van der Waals surface area contributed by atoms with Crippen LogP contribution in [-0.2, 0) is 0 Å². The molecule has 0 amide bonds. The maximum Gasteiger partial charge on any atom is 0.330 e. The number of nitrogens with zero attached hydrogens (tertiary/aromatic N) is 3. The SMILES string of the molecule is CN1c2[nH]c(=O)n(C3CC3)c(=O)c2C(CO)N1C. The van der Waals surface area contributed by atoms with Crippen LogP contribution in [0.15, 0.2) is 9.59 Å². The molecule has 0 aromatic carbocycles. The Hall–Kier alpha value is -1.60. The van der Waals surface area contributed by atoms with Gasteiger partial charge in [0.25, 0.3) is 5.56 Å². The van der Waals surface area contributed by atoms with Gasteiger partial charge in [0.05, 0.1) is 18.2 Å².